The van der Waals surface area contributed by atoms with Crippen LogP contribution in [0.2, 0.25) is 0 Å². The molecule has 2 aromatic heterocycles. The van der Waals surface area contributed by atoms with Crippen LogP contribution in [0.4, 0.5) is 5.82 Å². The molecular formula is C20H14N4O3S. The molecule has 3 heterocycles. The second-order valence-electron chi connectivity index (χ2n) is 6.25. The number of benzene rings is 2. The van der Waals surface area contributed by atoms with E-state index in [0.29, 0.717) is 10.6 Å². The van der Waals surface area contributed by atoms with E-state index < -0.39 is 10.0 Å². The third-order valence-corrected chi connectivity index (χ3v) is 6.39. The number of sulfonamides is 1. The molecule has 0 N–H and O–H groups in total. The minimum atomic E-state index is -3.65. The molecule has 0 spiro atoms. The van der Waals surface area contributed by atoms with E-state index in [9.17, 15) is 8.42 Å². The Bertz CT molecular complexity index is 1300. The van der Waals surface area contributed by atoms with Crippen molar-refractivity contribution in [3.05, 3.63) is 78.6 Å². The Morgan fingerprint density at radius 3 is 2.57 bits per heavy atom. The van der Waals surface area contributed by atoms with E-state index in [-0.39, 0.29) is 18.4 Å². The van der Waals surface area contributed by atoms with E-state index in [4.69, 9.17) is 4.74 Å². The van der Waals surface area contributed by atoms with Gasteiger partial charge in [-0.1, -0.05) is 30.3 Å². The van der Waals surface area contributed by atoms with Gasteiger partial charge in [0.2, 0.25) is 0 Å². The van der Waals surface area contributed by atoms with Crippen molar-refractivity contribution in [1.82, 2.24) is 15.0 Å². The van der Waals surface area contributed by atoms with Gasteiger partial charge in [-0.05, 0) is 29.8 Å². The van der Waals surface area contributed by atoms with Gasteiger partial charge < -0.3 is 4.74 Å². The molecule has 4 aromatic rings. The lowest BCUT2D eigenvalue weighted by molar-refractivity contribution is 0.446. The molecule has 1 aliphatic heterocycles. The highest BCUT2D eigenvalue weighted by molar-refractivity contribution is 7.93. The molecule has 0 saturated carbocycles. The van der Waals surface area contributed by atoms with Crippen molar-refractivity contribution >= 4 is 26.7 Å². The lowest BCUT2D eigenvalue weighted by Crippen LogP contribution is -2.24. The van der Waals surface area contributed by atoms with Gasteiger partial charge in [0.1, 0.15) is 11.6 Å². The van der Waals surface area contributed by atoms with E-state index in [1.807, 2.05) is 30.3 Å². The number of anilines is 1. The van der Waals surface area contributed by atoms with Crippen LogP contribution in [0.5, 0.6) is 11.8 Å². The SMILES string of the molecule is O=S1(=O)c2ccccc2CN1c1ccnc(Oc2ccnc3ccccc23)n1. The van der Waals surface area contributed by atoms with E-state index >= 15 is 0 Å². The van der Waals surface area contributed by atoms with Crippen LogP contribution >= 0.6 is 0 Å². The number of pyridine rings is 1. The summed E-state index contributed by atoms with van der Waals surface area (Å²) in [4.78, 5) is 13.1. The molecule has 0 amide bonds. The van der Waals surface area contributed by atoms with Crippen LogP contribution in [-0.4, -0.2) is 23.4 Å². The highest BCUT2D eigenvalue weighted by atomic mass is 32.2. The van der Waals surface area contributed by atoms with Crippen LogP contribution in [0.25, 0.3) is 10.9 Å². The number of hydrogen-bond donors (Lipinski definition) is 0. The molecule has 0 radical (unpaired) electrons. The Labute approximate surface area is 161 Å². The van der Waals surface area contributed by atoms with Crippen molar-refractivity contribution < 1.29 is 13.2 Å². The first kappa shape index (κ1) is 16.6. The maximum atomic E-state index is 12.8. The topological polar surface area (TPSA) is 85.3 Å². The van der Waals surface area contributed by atoms with Crippen LogP contribution in [-0.2, 0) is 16.6 Å². The predicted molar refractivity (Wildman–Crippen MR) is 104 cm³/mol. The number of aromatic nitrogens is 3. The summed E-state index contributed by atoms with van der Waals surface area (Å²) in [7, 11) is -3.65. The Morgan fingerprint density at radius 1 is 0.893 bits per heavy atom. The zero-order valence-electron chi connectivity index (χ0n) is 14.6. The smallest absolute Gasteiger partial charge is 0.323 e. The third kappa shape index (κ3) is 2.66. The van der Waals surface area contributed by atoms with Crippen LogP contribution in [0.1, 0.15) is 5.56 Å². The summed E-state index contributed by atoms with van der Waals surface area (Å²) in [5.74, 6) is 0.815. The molecule has 2 aromatic carbocycles. The quantitative estimate of drug-likeness (QED) is 0.532. The number of fused-ring (bicyclic) bond motifs is 2. The normalized spacial score (nSPS) is 14.8. The summed E-state index contributed by atoms with van der Waals surface area (Å²) in [6.45, 7) is 0.229. The fraction of sp³-hybridized carbons (Fsp3) is 0.0500. The van der Waals surface area contributed by atoms with Gasteiger partial charge in [0, 0.05) is 23.8 Å². The first-order valence-electron chi connectivity index (χ1n) is 8.58. The molecule has 28 heavy (non-hydrogen) atoms. The van der Waals surface area contributed by atoms with E-state index in [2.05, 4.69) is 15.0 Å². The van der Waals surface area contributed by atoms with Crippen LogP contribution in [0, 0.1) is 0 Å². The van der Waals surface area contributed by atoms with E-state index in [0.717, 1.165) is 16.5 Å². The highest BCUT2D eigenvalue weighted by Gasteiger charge is 2.35. The Hall–Kier alpha value is -3.52. The van der Waals surface area contributed by atoms with Gasteiger partial charge in [0.15, 0.2) is 0 Å². The average Bonchev–Trinajstić information content (AvgIpc) is 3.00. The third-order valence-electron chi connectivity index (χ3n) is 4.54. The number of hydrogen-bond acceptors (Lipinski definition) is 6. The second kappa shape index (κ2) is 6.28. The average molecular weight is 390 g/mol. The zero-order chi connectivity index (χ0) is 19.1. The minimum absolute atomic E-state index is 0.0695. The van der Waals surface area contributed by atoms with Crippen LogP contribution in [0.15, 0.2) is 78.0 Å². The first-order valence-corrected chi connectivity index (χ1v) is 10.0. The van der Waals surface area contributed by atoms with Gasteiger partial charge in [-0.25, -0.2) is 17.7 Å². The standard InChI is InChI=1S/C20H14N4O3S/c25-28(26)18-8-4-1-5-14(18)13-24(28)19-10-12-22-20(23-19)27-17-9-11-21-16-7-3-2-6-15(16)17/h1-12H,13H2. The highest BCUT2D eigenvalue weighted by Crippen LogP contribution is 2.34. The van der Waals surface area contributed by atoms with Gasteiger partial charge in [-0.3, -0.25) is 4.98 Å². The molecule has 0 atom stereocenters. The molecule has 138 valence electrons. The van der Waals surface area contributed by atoms with Crippen molar-refractivity contribution in [3.8, 4) is 11.8 Å². The van der Waals surface area contributed by atoms with Gasteiger partial charge >= 0.3 is 6.01 Å². The summed E-state index contributed by atoms with van der Waals surface area (Å²) in [6, 6.07) is 17.8. The number of ether oxygens (including phenoxy) is 1. The summed E-state index contributed by atoms with van der Waals surface area (Å²) < 4.78 is 32.8. The maximum Gasteiger partial charge on any atom is 0.323 e. The number of nitrogens with zero attached hydrogens (tertiary/aromatic N) is 4. The van der Waals surface area contributed by atoms with E-state index in [1.54, 1.807) is 36.5 Å². The molecule has 0 aliphatic carbocycles. The van der Waals surface area contributed by atoms with Crippen molar-refractivity contribution in [2.45, 2.75) is 11.4 Å². The first-order chi connectivity index (χ1) is 13.6. The Balaban J connectivity index is 1.51. The second-order valence-corrected chi connectivity index (χ2v) is 8.08. The van der Waals surface area contributed by atoms with Crippen LogP contribution < -0.4 is 9.04 Å². The maximum absolute atomic E-state index is 12.8. The molecule has 0 saturated heterocycles. The Morgan fingerprint density at radius 2 is 1.68 bits per heavy atom. The number of rotatable bonds is 3. The van der Waals surface area contributed by atoms with Crippen molar-refractivity contribution in [2.75, 3.05) is 4.31 Å². The zero-order valence-corrected chi connectivity index (χ0v) is 15.4. The molecular weight excluding hydrogens is 376 g/mol. The fourth-order valence-corrected chi connectivity index (χ4v) is 4.83. The molecule has 7 nitrogen and oxygen atoms in total. The van der Waals surface area contributed by atoms with E-state index in [1.165, 1.54) is 10.5 Å². The summed E-state index contributed by atoms with van der Waals surface area (Å²) in [5, 5.41) is 0.820. The van der Waals surface area contributed by atoms with Crippen LogP contribution in [0.3, 0.4) is 0 Å². The molecule has 5 rings (SSSR count). The van der Waals surface area contributed by atoms with Gasteiger partial charge in [0.25, 0.3) is 10.0 Å². The Kier molecular flexibility index (Phi) is 3.73. The molecule has 0 unspecified atom stereocenters. The van der Waals surface area contributed by atoms with Crippen molar-refractivity contribution in [3.63, 3.8) is 0 Å². The molecule has 0 fully saturated rings. The monoisotopic (exact) mass is 390 g/mol. The largest absolute Gasteiger partial charge is 0.423 e. The predicted octanol–water partition coefficient (Wildman–Crippen LogP) is 3.53. The molecule has 0 bridgehead atoms. The van der Waals surface area contributed by atoms with Crippen molar-refractivity contribution in [2.24, 2.45) is 0 Å². The number of para-hydroxylation sites is 1. The summed E-state index contributed by atoms with van der Waals surface area (Å²) >= 11 is 0. The van der Waals surface area contributed by atoms with Gasteiger partial charge in [0.05, 0.1) is 17.0 Å². The molecule has 8 heteroatoms. The summed E-state index contributed by atoms with van der Waals surface area (Å²) in [6.07, 6.45) is 3.13. The lowest BCUT2D eigenvalue weighted by atomic mass is 10.2. The summed E-state index contributed by atoms with van der Waals surface area (Å²) in [5.41, 5.74) is 1.53. The minimum Gasteiger partial charge on any atom is -0.423 e. The fourth-order valence-electron chi connectivity index (χ4n) is 3.23. The van der Waals surface area contributed by atoms with Gasteiger partial charge in [-0.2, -0.15) is 4.98 Å². The molecule has 1 aliphatic rings. The lowest BCUT2D eigenvalue weighted by Gasteiger charge is -2.16. The van der Waals surface area contributed by atoms with Gasteiger partial charge in [-0.15, -0.1) is 0 Å². The van der Waals surface area contributed by atoms with Crippen molar-refractivity contribution in [1.29, 1.82) is 0 Å².